The van der Waals surface area contributed by atoms with Crippen molar-refractivity contribution in [3.05, 3.63) is 116 Å². The number of fused-ring (bicyclic) bond motifs is 12. The molecule has 12 heterocycles. The maximum Gasteiger partial charge on any atom is 0.174 e. The van der Waals surface area contributed by atoms with Gasteiger partial charge in [0.1, 0.15) is 0 Å². The van der Waals surface area contributed by atoms with Gasteiger partial charge in [0.2, 0.25) is 0 Å². The van der Waals surface area contributed by atoms with E-state index in [0.29, 0.717) is 52.9 Å². The monoisotopic (exact) mass is 1980 g/mol. The summed E-state index contributed by atoms with van der Waals surface area (Å²) in [5, 5.41) is 0. The molecule has 0 spiro atoms. The number of aryl methyl sites for hydroxylation is 2. The van der Waals surface area contributed by atoms with Crippen LogP contribution in [0.15, 0.2) is 72.8 Å². The zero-order valence-corrected chi connectivity index (χ0v) is 92.9. The third kappa shape index (κ3) is 23.8. The van der Waals surface area contributed by atoms with Crippen LogP contribution in [0.25, 0.3) is 106 Å². The summed E-state index contributed by atoms with van der Waals surface area (Å²) in [5.41, 5.74) is 5.14. The molecule has 12 aromatic heterocycles. The molecule has 0 N–H and O–H groups in total. The van der Waals surface area contributed by atoms with Crippen molar-refractivity contribution in [3.8, 4) is 78.0 Å². The minimum absolute atomic E-state index is 0.360. The summed E-state index contributed by atoms with van der Waals surface area (Å²) < 4.78 is 7.96. The first-order chi connectivity index (χ1) is 63.0. The van der Waals surface area contributed by atoms with Gasteiger partial charge in [-0.1, -0.05) is 303 Å². The van der Waals surface area contributed by atoms with Gasteiger partial charge < -0.3 is 0 Å². The Hall–Kier alpha value is -3.81. The van der Waals surface area contributed by atoms with Crippen LogP contribution in [0, 0.1) is 73.0 Å². The van der Waals surface area contributed by atoms with Gasteiger partial charge in [0, 0.05) is 118 Å². The fraction of sp³-hybridized carbons (Fsp3) is 0.612. The van der Waals surface area contributed by atoms with Crippen LogP contribution in [0.3, 0.4) is 0 Å². The van der Waals surface area contributed by atoms with Crippen LogP contribution in [0.1, 0.15) is 425 Å². The average Bonchev–Trinajstić information content (AvgIpc) is 1.56. The molecule has 131 heavy (non-hydrogen) atoms. The Kier molecular flexibility index (Phi) is 35.7. The molecule has 3 aliphatic rings. The first kappa shape index (κ1) is 102. The molecule has 710 valence electrons. The van der Waals surface area contributed by atoms with E-state index >= 15 is 14.4 Å². The Bertz CT molecular complexity index is 5570. The minimum atomic E-state index is -0.628. The highest BCUT2D eigenvalue weighted by Crippen LogP contribution is 2.63. The van der Waals surface area contributed by atoms with Crippen molar-refractivity contribution in [3.63, 3.8) is 0 Å². The van der Waals surface area contributed by atoms with Crippen molar-refractivity contribution in [2.75, 3.05) is 0 Å². The van der Waals surface area contributed by atoms with Crippen molar-refractivity contribution in [1.29, 1.82) is 0 Å². The molecule has 0 radical (unpaired) electrons. The number of carbonyl (C=O) groups excluding carboxylic acids is 3. The summed E-state index contributed by atoms with van der Waals surface area (Å²) >= 11 is 23.0. The molecule has 15 rings (SSSR count). The van der Waals surface area contributed by atoms with E-state index < -0.39 is 16.2 Å². The predicted molar refractivity (Wildman–Crippen MR) is 595 cm³/mol. The molecule has 0 saturated carbocycles. The second-order valence-corrected chi connectivity index (χ2v) is 56.9. The fourth-order valence-corrected chi connectivity index (χ4v) is 37.3. The lowest BCUT2D eigenvalue weighted by Gasteiger charge is -2.38. The molecule has 0 amide bonds. The number of carbonyl (C=O) groups is 3. The van der Waals surface area contributed by atoms with E-state index in [2.05, 4.69) is 197 Å². The Balaban J connectivity index is 0.763. The molecule has 3 aliphatic carbocycles. The summed E-state index contributed by atoms with van der Waals surface area (Å²) in [6.07, 6.45) is 47.3. The summed E-state index contributed by atoms with van der Waals surface area (Å²) in [5.74, 6) is 7.69. The average molecular weight is 1980 g/mol. The van der Waals surface area contributed by atoms with Crippen molar-refractivity contribution in [2.45, 2.75) is 398 Å². The van der Waals surface area contributed by atoms with Gasteiger partial charge in [-0.25, -0.2) is 0 Å². The van der Waals surface area contributed by atoms with Gasteiger partial charge in [-0.15, -0.1) is 136 Å². The SMILES string of the molecule is CCCCCCCCC1(CCCCCCCC)C(=O)c2cc(C)sc2-c2sc(-c3cc4sc(-c5cc6c(s5)-c5sc(-c7cc8sc(-c9cc%10c(s9)-c9sc(-c%11cc%12sc(C)cc%12s%11)cc9C(CCC(C)CCCC(C)CCCC(C)C)(CCC(C)CCCC(C)CCCC(C)C)C%10=O)cc8s7)cc5C(CCC(C)CCCC(C)C)(CCC(C)CCCC(C)C)C6=O)cc4s3)cc21. The van der Waals surface area contributed by atoms with Crippen molar-refractivity contribution >= 4 is 182 Å². The summed E-state index contributed by atoms with van der Waals surface area (Å²) in [4.78, 5) is 71.9. The normalized spacial score (nSPS) is 17.5. The van der Waals surface area contributed by atoms with E-state index in [4.69, 9.17) is 0 Å². The Morgan fingerprint density at radius 2 is 0.443 bits per heavy atom. The third-order valence-corrected chi connectivity index (χ3v) is 45.5. The quantitative estimate of drug-likeness (QED) is 0.0357. The number of ketones is 3. The van der Waals surface area contributed by atoms with Crippen LogP contribution < -0.4 is 0 Å². The van der Waals surface area contributed by atoms with E-state index in [1.54, 1.807) is 0 Å². The Morgan fingerprint density at radius 1 is 0.214 bits per heavy atom. The van der Waals surface area contributed by atoms with Crippen LogP contribution in [0.4, 0.5) is 0 Å². The largest absolute Gasteiger partial charge is 0.293 e. The zero-order valence-electron chi connectivity index (χ0n) is 83.1. The molecule has 0 aliphatic heterocycles. The smallest absolute Gasteiger partial charge is 0.174 e. The highest BCUT2D eigenvalue weighted by molar-refractivity contribution is 7.37. The van der Waals surface area contributed by atoms with E-state index in [0.717, 1.165) is 117 Å². The van der Waals surface area contributed by atoms with E-state index in [-0.39, 0.29) is 0 Å². The van der Waals surface area contributed by atoms with Crippen molar-refractivity contribution in [1.82, 2.24) is 0 Å². The molecule has 0 aromatic carbocycles. The number of hydrogen-bond acceptors (Lipinski definition) is 15. The number of rotatable bonds is 55. The van der Waals surface area contributed by atoms with Crippen LogP contribution in [0.5, 0.6) is 0 Å². The molecule has 6 atom stereocenters. The topological polar surface area (TPSA) is 51.2 Å². The maximum atomic E-state index is 16.8. The van der Waals surface area contributed by atoms with Crippen molar-refractivity contribution in [2.24, 2.45) is 59.2 Å². The number of hydrogen-bond donors (Lipinski definition) is 0. The van der Waals surface area contributed by atoms with Gasteiger partial charge in [-0.2, -0.15) is 0 Å². The lowest BCUT2D eigenvalue weighted by atomic mass is 9.64. The maximum absolute atomic E-state index is 16.8. The van der Waals surface area contributed by atoms with E-state index in [9.17, 15) is 0 Å². The molecule has 15 heteroatoms. The number of thiophene rings is 12. The lowest BCUT2D eigenvalue weighted by molar-refractivity contribution is 0.0839. The highest BCUT2D eigenvalue weighted by Gasteiger charge is 2.52. The second kappa shape index (κ2) is 46.1. The van der Waals surface area contributed by atoms with E-state index in [1.807, 2.05) is 136 Å². The molecule has 6 unspecified atom stereocenters. The van der Waals surface area contributed by atoms with Crippen LogP contribution >= 0.6 is 136 Å². The van der Waals surface area contributed by atoms with Crippen molar-refractivity contribution < 1.29 is 14.4 Å². The van der Waals surface area contributed by atoms with Gasteiger partial charge in [0.25, 0.3) is 0 Å². The number of Topliss-reactive ketones (excluding diaryl/α,β-unsaturated/α-hetero) is 3. The molecule has 12 aromatic rings. The standard InChI is InChI=1S/C116H156O3S12/c1-19-21-23-25-27-29-53-114(54-30-28-26-24-22-20-2)86-63-92(129-108(86)105-83(111(114)117)59-81(17)121-105)99-69-103-101(125-99)67-96(123-103)91-62-85-107(128-91)110-88(115(112(85)118,55-49-77(13)43-33-39-73(7)8)56-50-78(14)44-34-40-74(9)10)65-94(131-110)100-70-104-102(126-100)68-97(124-104)90-61-84-106(127-90)109-87(64-93(130-109)98-66-95-89(122-98)60-82(18)120-95)116(113(84)119,57-51-79(15)47-35-45-75(11)41-31-37-71(3)4)58-52-80(16)48-36-46-76(12)42-32-38-72(5)6/h59-80H,19-58H2,1-18H3. The first-order valence-electron chi connectivity index (χ1n) is 52.1. The van der Waals surface area contributed by atoms with Crippen LogP contribution in [0.2, 0.25) is 0 Å². The number of unbranched alkanes of at least 4 members (excludes halogenated alkanes) is 10. The Labute approximate surface area is 838 Å². The minimum Gasteiger partial charge on any atom is -0.293 e. The summed E-state index contributed by atoms with van der Waals surface area (Å²) in [6.45, 7) is 42.9. The molecular formula is C116H156O3S12. The molecule has 0 saturated heterocycles. The van der Waals surface area contributed by atoms with E-state index in [1.165, 1.54) is 312 Å². The van der Waals surface area contributed by atoms with Crippen LogP contribution in [-0.2, 0) is 16.2 Å². The molecule has 3 nitrogen and oxygen atoms in total. The van der Waals surface area contributed by atoms with Gasteiger partial charge in [-0.05, 0) is 227 Å². The molecule has 0 fully saturated rings. The summed E-state index contributed by atoms with van der Waals surface area (Å²) in [7, 11) is 0. The first-order valence-corrected chi connectivity index (χ1v) is 61.9. The second-order valence-electron chi connectivity index (χ2n) is 43.7. The van der Waals surface area contributed by atoms with Gasteiger partial charge in [0.15, 0.2) is 17.3 Å². The summed E-state index contributed by atoms with van der Waals surface area (Å²) in [6, 6.07) is 29.3. The third-order valence-electron chi connectivity index (χ3n) is 30.5. The zero-order chi connectivity index (χ0) is 92.6. The molecule has 0 bridgehead atoms. The Morgan fingerprint density at radius 3 is 0.748 bits per heavy atom. The van der Waals surface area contributed by atoms with Crippen LogP contribution in [-0.4, -0.2) is 17.3 Å². The highest BCUT2D eigenvalue weighted by atomic mass is 32.1. The fourth-order valence-electron chi connectivity index (χ4n) is 22.3. The van der Waals surface area contributed by atoms with Gasteiger partial charge >= 0.3 is 0 Å². The molecular weight excluding hydrogens is 1830 g/mol. The predicted octanol–water partition coefficient (Wildman–Crippen LogP) is 43.2. The van der Waals surface area contributed by atoms with Gasteiger partial charge in [0.05, 0.1) is 30.9 Å². The van der Waals surface area contributed by atoms with Gasteiger partial charge in [-0.3, -0.25) is 14.4 Å². The lowest BCUT2D eigenvalue weighted by Crippen LogP contribution is -2.39.